The summed E-state index contributed by atoms with van der Waals surface area (Å²) in [6.45, 7) is 2.16. The number of carboxylic acid groups (broad SMARTS) is 1. The molecule has 12 heteroatoms. The van der Waals surface area contributed by atoms with Gasteiger partial charge in [0.2, 0.25) is 5.82 Å². The Morgan fingerprint density at radius 3 is 2.76 bits per heavy atom. The van der Waals surface area contributed by atoms with Crippen LogP contribution in [-0.4, -0.2) is 52.8 Å². The highest BCUT2D eigenvalue weighted by atomic mass is 79.9. The van der Waals surface area contributed by atoms with Crippen molar-refractivity contribution in [2.45, 2.75) is 19.9 Å². The van der Waals surface area contributed by atoms with Crippen LogP contribution in [0.3, 0.4) is 0 Å². The molecule has 0 aliphatic carbocycles. The van der Waals surface area contributed by atoms with Crippen LogP contribution in [0.5, 0.6) is 0 Å². The molecule has 190 valence electrons. The predicted octanol–water partition coefficient (Wildman–Crippen LogP) is 4.74. The molecule has 0 aliphatic rings. The van der Waals surface area contributed by atoms with Gasteiger partial charge in [0.15, 0.2) is 5.65 Å². The van der Waals surface area contributed by atoms with Gasteiger partial charge in [0.25, 0.3) is 0 Å². The Morgan fingerprint density at radius 1 is 1.16 bits per heavy atom. The second-order valence-corrected chi connectivity index (χ2v) is 9.46. The van der Waals surface area contributed by atoms with E-state index < -0.39 is 5.97 Å². The molecule has 0 radical (unpaired) electrons. The summed E-state index contributed by atoms with van der Waals surface area (Å²) in [5.74, 6) is 0.832. The monoisotopic (exact) mass is 572 g/mol. The summed E-state index contributed by atoms with van der Waals surface area (Å²) in [7, 11) is 0. The van der Waals surface area contributed by atoms with E-state index in [0.717, 1.165) is 38.7 Å². The zero-order valence-electron chi connectivity index (χ0n) is 20.2. The third-order valence-corrected chi connectivity index (χ3v) is 7.02. The molecule has 2 aromatic carbocycles. The quantitative estimate of drug-likeness (QED) is 0.264. The first-order chi connectivity index (χ1) is 18.5. The van der Waals surface area contributed by atoms with Crippen LogP contribution in [0.4, 0.5) is 5.82 Å². The number of furan rings is 1. The van der Waals surface area contributed by atoms with Crippen LogP contribution in [0.15, 0.2) is 69.7 Å². The number of hydrogen-bond donors (Lipinski definition) is 2. The maximum Gasteiger partial charge on any atom is 0.323 e. The van der Waals surface area contributed by atoms with Gasteiger partial charge in [-0.3, -0.25) is 4.79 Å². The molecule has 0 bridgehead atoms. The highest BCUT2D eigenvalue weighted by Gasteiger charge is 2.21. The molecule has 2 N–H and O–H groups in total. The number of aromatic nitrogens is 7. The number of carboxylic acids is 1. The number of carbonyl (C=O) groups is 1. The topological polar surface area (TPSA) is 138 Å². The number of fused-ring (bicyclic) bond motifs is 2. The van der Waals surface area contributed by atoms with Crippen LogP contribution >= 0.6 is 15.9 Å². The first kappa shape index (κ1) is 23.8. The van der Waals surface area contributed by atoms with E-state index in [1.54, 1.807) is 15.6 Å². The zero-order chi connectivity index (χ0) is 26.2. The molecular weight excluding hydrogens is 552 g/mol. The number of nitrogens with one attached hydrogen (secondary N) is 1. The number of anilines is 1. The number of halogens is 1. The van der Waals surface area contributed by atoms with Crippen molar-refractivity contribution in [3.63, 3.8) is 0 Å². The molecule has 0 saturated carbocycles. The number of aliphatic carboxylic acids is 1. The fourth-order valence-electron chi connectivity index (χ4n) is 4.49. The molecule has 4 heterocycles. The largest absolute Gasteiger partial charge is 0.480 e. The van der Waals surface area contributed by atoms with Crippen molar-refractivity contribution in [2.24, 2.45) is 0 Å². The molecular formula is C26H21BrN8O3. The van der Waals surface area contributed by atoms with E-state index in [2.05, 4.69) is 46.6 Å². The number of benzene rings is 2. The van der Waals surface area contributed by atoms with Gasteiger partial charge in [0, 0.05) is 40.9 Å². The highest BCUT2D eigenvalue weighted by molar-refractivity contribution is 9.10. The number of aryl methyl sites for hydroxylation is 1. The van der Waals surface area contributed by atoms with E-state index in [0.29, 0.717) is 35.2 Å². The summed E-state index contributed by atoms with van der Waals surface area (Å²) >= 11 is 3.73. The number of nitrogens with zero attached hydrogens (tertiary/aromatic N) is 7. The van der Waals surface area contributed by atoms with E-state index in [-0.39, 0.29) is 6.54 Å². The Bertz CT molecular complexity index is 1780. The van der Waals surface area contributed by atoms with Crippen LogP contribution in [0.1, 0.15) is 18.2 Å². The van der Waals surface area contributed by atoms with Crippen LogP contribution in [-0.2, 0) is 17.8 Å². The molecule has 0 fully saturated rings. The average Bonchev–Trinajstić information content (AvgIpc) is 3.68. The van der Waals surface area contributed by atoms with Crippen molar-refractivity contribution in [1.82, 2.24) is 35.2 Å². The molecule has 0 spiro atoms. The minimum absolute atomic E-state index is 0.198. The molecule has 11 nitrogen and oxygen atoms in total. The van der Waals surface area contributed by atoms with E-state index in [1.165, 1.54) is 0 Å². The van der Waals surface area contributed by atoms with Crippen LogP contribution in [0.25, 0.3) is 39.3 Å². The Balaban J connectivity index is 1.41. The third-order valence-electron chi connectivity index (χ3n) is 6.23. The second kappa shape index (κ2) is 9.71. The van der Waals surface area contributed by atoms with Crippen LogP contribution in [0, 0.1) is 0 Å². The summed E-state index contributed by atoms with van der Waals surface area (Å²) in [5, 5.41) is 29.3. The lowest BCUT2D eigenvalue weighted by atomic mass is 10.0. The Hall–Kier alpha value is -4.58. The maximum atomic E-state index is 11.8. The Kier molecular flexibility index (Phi) is 6.08. The van der Waals surface area contributed by atoms with Crippen LogP contribution < -0.4 is 4.90 Å². The van der Waals surface area contributed by atoms with E-state index in [9.17, 15) is 9.90 Å². The average molecular weight is 573 g/mol. The van der Waals surface area contributed by atoms with Crippen molar-refractivity contribution in [2.75, 3.05) is 11.4 Å². The van der Waals surface area contributed by atoms with Gasteiger partial charge in [-0.1, -0.05) is 37.3 Å². The molecule has 0 amide bonds. The molecule has 38 heavy (non-hydrogen) atoms. The molecule has 0 saturated heterocycles. The fraction of sp³-hybridized carbons (Fsp3) is 0.154. The molecule has 0 atom stereocenters. The fourth-order valence-corrected chi connectivity index (χ4v) is 5.10. The molecule has 0 aliphatic heterocycles. The third kappa shape index (κ3) is 4.28. The van der Waals surface area contributed by atoms with Gasteiger partial charge in [0.05, 0.1) is 10.7 Å². The molecule has 6 aromatic rings. The second-order valence-electron chi connectivity index (χ2n) is 8.67. The number of rotatable bonds is 8. The minimum Gasteiger partial charge on any atom is -0.480 e. The molecule has 6 rings (SSSR count). The van der Waals surface area contributed by atoms with Crippen molar-refractivity contribution >= 4 is 44.3 Å². The lowest BCUT2D eigenvalue weighted by Gasteiger charge is -2.24. The first-order valence-electron chi connectivity index (χ1n) is 11.9. The van der Waals surface area contributed by atoms with Crippen molar-refractivity contribution in [3.8, 4) is 22.7 Å². The molecule has 0 unspecified atom stereocenters. The first-order valence-corrected chi connectivity index (χ1v) is 12.7. The Labute approximate surface area is 224 Å². The van der Waals surface area contributed by atoms with Gasteiger partial charge >= 0.3 is 5.97 Å². The van der Waals surface area contributed by atoms with E-state index in [4.69, 9.17) is 4.42 Å². The van der Waals surface area contributed by atoms with Crippen LogP contribution in [0.2, 0.25) is 0 Å². The lowest BCUT2D eigenvalue weighted by Crippen LogP contribution is -2.31. The summed E-state index contributed by atoms with van der Waals surface area (Å²) < 4.78 is 8.69. The smallest absolute Gasteiger partial charge is 0.323 e. The minimum atomic E-state index is -0.939. The molecule has 4 aromatic heterocycles. The normalized spacial score (nSPS) is 11.4. The van der Waals surface area contributed by atoms with Gasteiger partial charge < -0.3 is 14.4 Å². The number of hydrogen-bond acceptors (Lipinski definition) is 8. The Morgan fingerprint density at radius 2 is 2.00 bits per heavy atom. The van der Waals surface area contributed by atoms with E-state index in [1.807, 2.05) is 61.5 Å². The van der Waals surface area contributed by atoms with Gasteiger partial charge in [0.1, 0.15) is 23.7 Å². The van der Waals surface area contributed by atoms with Gasteiger partial charge in [-0.05, 0) is 45.3 Å². The van der Waals surface area contributed by atoms with Gasteiger partial charge in [-0.2, -0.15) is 14.8 Å². The van der Waals surface area contributed by atoms with E-state index >= 15 is 0 Å². The number of tetrazole rings is 1. The van der Waals surface area contributed by atoms with Gasteiger partial charge in [-0.15, -0.1) is 10.2 Å². The van der Waals surface area contributed by atoms with Crippen molar-refractivity contribution < 1.29 is 14.3 Å². The SMILES string of the molecule is CCc1cc(N(CC(=O)O)Cc2ccc3oc(-c4ccccc4-c4nn[nH]n4)c(Br)c3c2)n2nccc2n1. The summed E-state index contributed by atoms with van der Waals surface area (Å²) in [6, 6.07) is 17.2. The number of aromatic amines is 1. The lowest BCUT2D eigenvalue weighted by molar-refractivity contribution is -0.135. The standard InChI is InChI=1S/C26H21BrN8O3/c1-2-16-12-22(35-21(29-16)9-10-28-35)34(14-23(36)37)13-15-7-8-20-19(11-15)24(27)25(38-20)17-5-3-4-6-18(17)26-30-32-33-31-26/h3-12H,2,13-14H2,1H3,(H,36,37)(H,30,31,32,33). The predicted molar refractivity (Wildman–Crippen MR) is 144 cm³/mol. The maximum absolute atomic E-state index is 11.8. The van der Waals surface area contributed by atoms with Crippen molar-refractivity contribution in [3.05, 3.63) is 76.5 Å². The summed E-state index contributed by atoms with van der Waals surface area (Å²) in [5.41, 5.74) is 4.73. The van der Waals surface area contributed by atoms with Crippen molar-refractivity contribution in [1.29, 1.82) is 0 Å². The summed E-state index contributed by atoms with van der Waals surface area (Å²) in [4.78, 5) is 18.2. The summed E-state index contributed by atoms with van der Waals surface area (Å²) in [6.07, 6.45) is 2.38. The highest BCUT2D eigenvalue weighted by Crippen LogP contribution is 2.41. The van der Waals surface area contributed by atoms with Gasteiger partial charge in [-0.25, -0.2) is 4.98 Å². The zero-order valence-corrected chi connectivity index (χ0v) is 21.8. The number of H-pyrrole nitrogens is 1.